The molecule has 2 N–H and O–H groups in total. The van der Waals surface area contributed by atoms with Crippen molar-refractivity contribution in [2.24, 2.45) is 0 Å². The van der Waals surface area contributed by atoms with E-state index >= 15 is 0 Å². The van der Waals surface area contributed by atoms with Gasteiger partial charge in [0.2, 0.25) is 0 Å². The SMILES string of the molecule is CN(c1ccc(C(=O)Nc2cccc(NC(=O)c3ccc(C(C)(C)C)cc3)c2)cc1)S(=O)(=O)c1cccs1. The standard InChI is InChI=1S/C29H29N3O4S2/c1-29(2,3)22-14-10-20(11-15-22)27(33)30-23-7-5-8-24(19-23)31-28(34)21-12-16-25(17-13-21)32(4)38(35,36)26-9-6-18-37-26/h5-19H,1-4H3,(H,30,33)(H,31,34). The Balaban J connectivity index is 1.41. The van der Waals surface area contributed by atoms with Crippen LogP contribution in [0.5, 0.6) is 0 Å². The van der Waals surface area contributed by atoms with Crippen molar-refractivity contribution in [3.05, 3.63) is 107 Å². The lowest BCUT2D eigenvalue weighted by Crippen LogP contribution is -2.25. The molecule has 0 aliphatic heterocycles. The van der Waals surface area contributed by atoms with Gasteiger partial charge >= 0.3 is 0 Å². The Morgan fingerprint density at radius 2 is 1.29 bits per heavy atom. The molecule has 38 heavy (non-hydrogen) atoms. The number of carbonyl (C=O) groups is 2. The van der Waals surface area contributed by atoms with E-state index in [1.54, 1.807) is 78.2 Å². The van der Waals surface area contributed by atoms with Gasteiger partial charge in [-0.1, -0.05) is 45.0 Å². The molecule has 1 heterocycles. The van der Waals surface area contributed by atoms with Gasteiger partial charge in [0.1, 0.15) is 4.21 Å². The van der Waals surface area contributed by atoms with Crippen LogP contribution in [0, 0.1) is 0 Å². The number of rotatable bonds is 7. The normalized spacial score (nSPS) is 11.6. The molecule has 0 spiro atoms. The minimum Gasteiger partial charge on any atom is -0.322 e. The first kappa shape index (κ1) is 27.1. The van der Waals surface area contributed by atoms with Gasteiger partial charge in [-0.25, -0.2) is 8.42 Å². The van der Waals surface area contributed by atoms with E-state index in [4.69, 9.17) is 0 Å². The van der Waals surface area contributed by atoms with Gasteiger partial charge in [-0.3, -0.25) is 13.9 Å². The zero-order chi connectivity index (χ0) is 27.5. The largest absolute Gasteiger partial charge is 0.322 e. The number of hydrogen-bond donors (Lipinski definition) is 2. The summed E-state index contributed by atoms with van der Waals surface area (Å²) in [6, 6.07) is 23.9. The van der Waals surface area contributed by atoms with Crippen LogP contribution in [-0.4, -0.2) is 27.3 Å². The number of nitrogens with zero attached hydrogens (tertiary/aromatic N) is 1. The Bertz CT molecular complexity index is 1540. The summed E-state index contributed by atoms with van der Waals surface area (Å²) in [4.78, 5) is 25.5. The Morgan fingerprint density at radius 3 is 1.76 bits per heavy atom. The number of sulfonamides is 1. The lowest BCUT2D eigenvalue weighted by molar-refractivity contribution is 0.101. The van der Waals surface area contributed by atoms with Crippen molar-refractivity contribution in [1.29, 1.82) is 0 Å². The Kier molecular flexibility index (Phi) is 7.71. The molecule has 0 bridgehead atoms. The minimum absolute atomic E-state index is 0.000362. The highest BCUT2D eigenvalue weighted by Crippen LogP contribution is 2.26. The first-order valence-electron chi connectivity index (χ1n) is 11.9. The van der Waals surface area contributed by atoms with Crippen molar-refractivity contribution in [3.8, 4) is 0 Å². The molecule has 4 rings (SSSR count). The molecule has 0 aliphatic rings. The third-order valence-corrected chi connectivity index (χ3v) is 9.15. The molecule has 2 amide bonds. The summed E-state index contributed by atoms with van der Waals surface area (Å²) in [5.41, 5.74) is 3.54. The van der Waals surface area contributed by atoms with Crippen LogP contribution < -0.4 is 14.9 Å². The van der Waals surface area contributed by atoms with E-state index in [-0.39, 0.29) is 21.4 Å². The number of anilines is 3. The molecule has 0 saturated heterocycles. The van der Waals surface area contributed by atoms with Crippen LogP contribution in [0.3, 0.4) is 0 Å². The molecule has 0 aliphatic carbocycles. The first-order valence-corrected chi connectivity index (χ1v) is 14.2. The number of amides is 2. The maximum absolute atomic E-state index is 12.8. The highest BCUT2D eigenvalue weighted by atomic mass is 32.2. The lowest BCUT2D eigenvalue weighted by Gasteiger charge is -2.19. The van der Waals surface area contributed by atoms with E-state index in [2.05, 4.69) is 31.4 Å². The molecule has 7 nitrogen and oxygen atoms in total. The zero-order valence-corrected chi connectivity index (χ0v) is 23.2. The van der Waals surface area contributed by atoms with Crippen LogP contribution in [0.4, 0.5) is 17.1 Å². The van der Waals surface area contributed by atoms with Crippen LogP contribution in [0.25, 0.3) is 0 Å². The van der Waals surface area contributed by atoms with Gasteiger partial charge < -0.3 is 10.6 Å². The number of benzene rings is 3. The summed E-state index contributed by atoms with van der Waals surface area (Å²) < 4.78 is 26.9. The van der Waals surface area contributed by atoms with Crippen molar-refractivity contribution in [1.82, 2.24) is 0 Å². The first-order chi connectivity index (χ1) is 17.9. The Labute approximate surface area is 227 Å². The number of thiophene rings is 1. The van der Waals surface area contributed by atoms with Gasteiger partial charge in [0.25, 0.3) is 21.8 Å². The van der Waals surface area contributed by atoms with Crippen LogP contribution in [-0.2, 0) is 15.4 Å². The second kappa shape index (κ2) is 10.8. The fraction of sp³-hybridized carbons (Fsp3) is 0.172. The summed E-state index contributed by atoms with van der Waals surface area (Å²) in [5, 5.41) is 7.39. The molecule has 0 atom stereocenters. The van der Waals surface area contributed by atoms with Crippen molar-refractivity contribution in [2.45, 2.75) is 30.4 Å². The van der Waals surface area contributed by atoms with E-state index < -0.39 is 10.0 Å². The summed E-state index contributed by atoms with van der Waals surface area (Å²) in [6.07, 6.45) is 0. The number of carbonyl (C=O) groups excluding carboxylic acids is 2. The van der Waals surface area contributed by atoms with E-state index in [0.29, 0.717) is 28.2 Å². The Morgan fingerprint density at radius 1 is 0.763 bits per heavy atom. The summed E-state index contributed by atoms with van der Waals surface area (Å²) in [7, 11) is -2.18. The molecule has 0 unspecified atom stereocenters. The van der Waals surface area contributed by atoms with Crippen LogP contribution >= 0.6 is 11.3 Å². The van der Waals surface area contributed by atoms with Gasteiger partial charge in [0, 0.05) is 29.5 Å². The molecule has 0 saturated carbocycles. The minimum atomic E-state index is -3.66. The summed E-state index contributed by atoms with van der Waals surface area (Å²) >= 11 is 1.15. The van der Waals surface area contributed by atoms with Crippen molar-refractivity contribution >= 4 is 50.2 Å². The molecule has 4 aromatic rings. The highest BCUT2D eigenvalue weighted by molar-refractivity contribution is 7.94. The fourth-order valence-electron chi connectivity index (χ4n) is 3.71. The molecular formula is C29H29N3O4S2. The average molecular weight is 548 g/mol. The average Bonchev–Trinajstić information content (AvgIpc) is 3.44. The molecule has 196 valence electrons. The van der Waals surface area contributed by atoms with Crippen LogP contribution in [0.1, 0.15) is 47.1 Å². The fourth-order valence-corrected chi connectivity index (χ4v) is 6.07. The maximum Gasteiger partial charge on any atom is 0.273 e. The lowest BCUT2D eigenvalue weighted by atomic mass is 9.87. The van der Waals surface area contributed by atoms with Gasteiger partial charge in [-0.05, 0) is 77.0 Å². The van der Waals surface area contributed by atoms with Crippen LogP contribution in [0.2, 0.25) is 0 Å². The van der Waals surface area contributed by atoms with E-state index in [1.807, 2.05) is 12.1 Å². The van der Waals surface area contributed by atoms with Crippen LogP contribution in [0.15, 0.2) is 94.5 Å². The predicted molar refractivity (Wildman–Crippen MR) is 154 cm³/mol. The van der Waals surface area contributed by atoms with Crippen molar-refractivity contribution in [3.63, 3.8) is 0 Å². The van der Waals surface area contributed by atoms with Crippen molar-refractivity contribution in [2.75, 3.05) is 22.0 Å². The second-order valence-corrected chi connectivity index (χ2v) is 12.9. The number of nitrogens with one attached hydrogen (secondary N) is 2. The molecule has 0 fully saturated rings. The Hall–Kier alpha value is -3.95. The van der Waals surface area contributed by atoms with Gasteiger partial charge in [0.15, 0.2) is 0 Å². The number of hydrogen-bond acceptors (Lipinski definition) is 5. The topological polar surface area (TPSA) is 95.6 Å². The van der Waals surface area contributed by atoms with Gasteiger partial charge in [-0.2, -0.15) is 0 Å². The molecule has 1 aromatic heterocycles. The van der Waals surface area contributed by atoms with Crippen molar-refractivity contribution < 1.29 is 18.0 Å². The van der Waals surface area contributed by atoms with E-state index in [9.17, 15) is 18.0 Å². The highest BCUT2D eigenvalue weighted by Gasteiger charge is 2.22. The molecular weight excluding hydrogens is 518 g/mol. The zero-order valence-electron chi connectivity index (χ0n) is 21.6. The molecule has 3 aromatic carbocycles. The third kappa shape index (κ3) is 6.12. The van der Waals surface area contributed by atoms with E-state index in [0.717, 1.165) is 16.9 Å². The smallest absolute Gasteiger partial charge is 0.273 e. The third-order valence-electron chi connectivity index (χ3n) is 5.99. The van der Waals surface area contributed by atoms with E-state index in [1.165, 1.54) is 11.4 Å². The monoisotopic (exact) mass is 547 g/mol. The second-order valence-electron chi connectivity index (χ2n) is 9.77. The summed E-state index contributed by atoms with van der Waals surface area (Å²) in [6.45, 7) is 6.35. The van der Waals surface area contributed by atoms with Gasteiger partial charge in [0.05, 0.1) is 5.69 Å². The van der Waals surface area contributed by atoms with Gasteiger partial charge in [-0.15, -0.1) is 11.3 Å². The maximum atomic E-state index is 12.8. The predicted octanol–water partition coefficient (Wildman–Crippen LogP) is 6.38. The molecule has 0 radical (unpaired) electrons. The molecule has 9 heteroatoms. The summed E-state index contributed by atoms with van der Waals surface area (Å²) in [5.74, 6) is -0.604. The quantitative estimate of drug-likeness (QED) is 0.281.